The van der Waals surface area contributed by atoms with Gasteiger partial charge in [-0.05, 0) is 48.3 Å². The van der Waals surface area contributed by atoms with Crippen molar-refractivity contribution in [3.63, 3.8) is 0 Å². The van der Waals surface area contributed by atoms with E-state index in [-0.39, 0.29) is 12.4 Å². The van der Waals surface area contributed by atoms with Crippen molar-refractivity contribution in [1.29, 1.82) is 0 Å². The molecule has 17 heavy (non-hydrogen) atoms. The van der Waals surface area contributed by atoms with Crippen LogP contribution in [0.5, 0.6) is 0 Å². The molecule has 0 aliphatic rings. The Kier molecular flexibility index (Phi) is 5.30. The first-order valence-electron chi connectivity index (χ1n) is 5.38. The lowest BCUT2D eigenvalue weighted by molar-refractivity contribution is 0.280. The second kappa shape index (κ2) is 6.76. The Balaban J connectivity index is 2.92. The maximum Gasteiger partial charge on any atom is 0.122 e. The van der Waals surface area contributed by atoms with Crippen LogP contribution in [0.4, 0.5) is 4.39 Å². The number of hydrogen-bond donors (Lipinski definition) is 1. The van der Waals surface area contributed by atoms with Crippen molar-refractivity contribution in [2.24, 2.45) is 0 Å². The van der Waals surface area contributed by atoms with Gasteiger partial charge in [0.25, 0.3) is 0 Å². The highest BCUT2D eigenvalue weighted by Gasteiger charge is 2.03. The molecule has 1 heterocycles. The molecule has 0 bridgehead atoms. The third-order valence-electron chi connectivity index (χ3n) is 2.46. The van der Waals surface area contributed by atoms with E-state index in [1.165, 1.54) is 12.2 Å². The number of halogens is 1. The van der Waals surface area contributed by atoms with Crippen LogP contribution in [0.25, 0.3) is 0 Å². The molecule has 1 rings (SSSR count). The van der Waals surface area contributed by atoms with Crippen LogP contribution in [0.3, 0.4) is 0 Å². The Morgan fingerprint density at radius 1 is 1.53 bits per heavy atom. The van der Waals surface area contributed by atoms with Crippen LogP contribution in [-0.4, -0.2) is 10.1 Å². The number of nitrogens with zero attached hydrogens (tertiary/aromatic N) is 1. The molecule has 0 aliphatic carbocycles. The molecule has 0 unspecified atom stereocenters. The summed E-state index contributed by atoms with van der Waals surface area (Å²) in [7, 11) is 0. The van der Waals surface area contributed by atoms with E-state index in [0.717, 1.165) is 16.7 Å². The summed E-state index contributed by atoms with van der Waals surface area (Å²) in [4.78, 5) is 4.01. The fraction of sp³-hybridized carbons (Fsp3) is 0.214. The van der Waals surface area contributed by atoms with Gasteiger partial charge in [-0.2, -0.15) is 0 Å². The van der Waals surface area contributed by atoms with Gasteiger partial charge in [0.05, 0.1) is 6.61 Å². The standard InChI is InChI=1S/C14H16FNO/c1-3-11(8-14(15)4-2)7-13-9-16-6-5-12(13)10-17/h3-6,8-9,17H,2,7,10H2,1H3/b11-3-,14-8+. The molecule has 90 valence electrons. The average Bonchev–Trinajstić information content (AvgIpc) is 2.38. The highest BCUT2D eigenvalue weighted by molar-refractivity contribution is 5.33. The first-order valence-corrected chi connectivity index (χ1v) is 5.38. The van der Waals surface area contributed by atoms with Crippen LogP contribution in [-0.2, 0) is 13.0 Å². The van der Waals surface area contributed by atoms with Gasteiger partial charge < -0.3 is 5.11 Å². The largest absolute Gasteiger partial charge is 0.392 e. The normalized spacial score (nSPS) is 12.6. The van der Waals surface area contributed by atoms with Gasteiger partial charge in [0, 0.05) is 12.4 Å². The van der Waals surface area contributed by atoms with Crippen molar-refractivity contribution < 1.29 is 9.50 Å². The summed E-state index contributed by atoms with van der Waals surface area (Å²) >= 11 is 0. The molecule has 0 saturated carbocycles. The molecule has 1 N–H and O–H groups in total. The Morgan fingerprint density at radius 3 is 2.88 bits per heavy atom. The molecule has 0 aliphatic heterocycles. The first kappa shape index (κ1) is 13.3. The van der Waals surface area contributed by atoms with E-state index in [2.05, 4.69) is 11.6 Å². The SMILES string of the molecule is C=C/C(F)=C\C(=C/C)Cc1cnccc1CO. The molecule has 0 saturated heterocycles. The average molecular weight is 233 g/mol. The van der Waals surface area contributed by atoms with E-state index in [0.29, 0.717) is 6.42 Å². The fourth-order valence-corrected chi connectivity index (χ4v) is 1.46. The summed E-state index contributed by atoms with van der Waals surface area (Å²) in [6, 6.07) is 1.76. The molecular formula is C14H16FNO. The van der Waals surface area contributed by atoms with Crippen molar-refractivity contribution in [2.75, 3.05) is 0 Å². The molecule has 1 aromatic heterocycles. The van der Waals surface area contributed by atoms with Crippen LogP contribution < -0.4 is 0 Å². The topological polar surface area (TPSA) is 33.1 Å². The minimum absolute atomic E-state index is 0.0392. The molecule has 0 radical (unpaired) electrons. The van der Waals surface area contributed by atoms with E-state index in [1.54, 1.807) is 18.5 Å². The van der Waals surface area contributed by atoms with E-state index in [4.69, 9.17) is 0 Å². The number of aliphatic hydroxyl groups is 1. The maximum atomic E-state index is 13.1. The summed E-state index contributed by atoms with van der Waals surface area (Å²) in [5.41, 5.74) is 2.54. The van der Waals surface area contributed by atoms with E-state index >= 15 is 0 Å². The third-order valence-corrected chi connectivity index (χ3v) is 2.46. The summed E-state index contributed by atoms with van der Waals surface area (Å²) in [5.74, 6) is -0.368. The smallest absolute Gasteiger partial charge is 0.122 e. The van der Waals surface area contributed by atoms with Gasteiger partial charge in [0.1, 0.15) is 5.83 Å². The highest BCUT2D eigenvalue weighted by Crippen LogP contribution is 2.15. The molecule has 0 amide bonds. The minimum atomic E-state index is -0.368. The molecule has 2 nitrogen and oxygen atoms in total. The Hall–Kier alpha value is -1.74. The molecule has 0 atom stereocenters. The molecule has 0 spiro atoms. The molecular weight excluding hydrogens is 217 g/mol. The van der Waals surface area contributed by atoms with E-state index in [1.807, 2.05) is 13.0 Å². The van der Waals surface area contributed by atoms with Gasteiger partial charge in [-0.15, -0.1) is 0 Å². The predicted octanol–water partition coefficient (Wildman–Crippen LogP) is 3.10. The van der Waals surface area contributed by atoms with Crippen LogP contribution in [0.1, 0.15) is 18.1 Å². The zero-order valence-electron chi connectivity index (χ0n) is 9.86. The van der Waals surface area contributed by atoms with Gasteiger partial charge in [0.2, 0.25) is 0 Å². The van der Waals surface area contributed by atoms with Crippen molar-refractivity contribution in [1.82, 2.24) is 4.98 Å². The Bertz CT molecular complexity index is 449. The minimum Gasteiger partial charge on any atom is -0.392 e. The summed E-state index contributed by atoms with van der Waals surface area (Å²) < 4.78 is 13.1. The number of rotatable bonds is 5. The van der Waals surface area contributed by atoms with Crippen molar-refractivity contribution in [3.8, 4) is 0 Å². The Morgan fingerprint density at radius 2 is 2.29 bits per heavy atom. The van der Waals surface area contributed by atoms with Crippen molar-refractivity contribution in [3.05, 3.63) is 65.8 Å². The zero-order chi connectivity index (χ0) is 12.7. The van der Waals surface area contributed by atoms with Gasteiger partial charge >= 0.3 is 0 Å². The number of aliphatic hydroxyl groups excluding tert-OH is 1. The number of aromatic nitrogens is 1. The molecule has 1 aromatic rings. The fourth-order valence-electron chi connectivity index (χ4n) is 1.46. The maximum absolute atomic E-state index is 13.1. The van der Waals surface area contributed by atoms with Gasteiger partial charge in [0.15, 0.2) is 0 Å². The van der Waals surface area contributed by atoms with Gasteiger partial charge in [-0.1, -0.05) is 12.7 Å². The molecule has 0 fully saturated rings. The number of allylic oxidation sites excluding steroid dienone is 5. The lowest BCUT2D eigenvalue weighted by Gasteiger charge is -2.07. The van der Waals surface area contributed by atoms with E-state index < -0.39 is 0 Å². The number of pyridine rings is 1. The van der Waals surface area contributed by atoms with Crippen molar-refractivity contribution in [2.45, 2.75) is 20.0 Å². The molecule has 0 aromatic carbocycles. The van der Waals surface area contributed by atoms with Crippen LogP contribution in [0.2, 0.25) is 0 Å². The van der Waals surface area contributed by atoms with Crippen LogP contribution in [0, 0.1) is 0 Å². The summed E-state index contributed by atoms with van der Waals surface area (Å²) in [5, 5.41) is 9.18. The summed E-state index contributed by atoms with van der Waals surface area (Å²) in [6.07, 6.45) is 8.29. The highest BCUT2D eigenvalue weighted by atomic mass is 19.1. The lowest BCUT2D eigenvalue weighted by Crippen LogP contribution is -1.97. The molecule has 3 heteroatoms. The predicted molar refractivity (Wildman–Crippen MR) is 67.0 cm³/mol. The monoisotopic (exact) mass is 233 g/mol. The number of hydrogen-bond acceptors (Lipinski definition) is 2. The van der Waals surface area contributed by atoms with Crippen LogP contribution in [0.15, 0.2) is 54.7 Å². The van der Waals surface area contributed by atoms with Crippen LogP contribution >= 0.6 is 0 Å². The van der Waals surface area contributed by atoms with Gasteiger partial charge in [-0.3, -0.25) is 4.98 Å². The van der Waals surface area contributed by atoms with E-state index in [9.17, 15) is 9.50 Å². The summed E-state index contributed by atoms with van der Waals surface area (Å²) in [6.45, 7) is 5.17. The quantitative estimate of drug-likeness (QED) is 0.793. The lowest BCUT2D eigenvalue weighted by atomic mass is 10.0. The van der Waals surface area contributed by atoms with Gasteiger partial charge in [-0.25, -0.2) is 4.39 Å². The zero-order valence-corrected chi connectivity index (χ0v) is 9.86. The third kappa shape index (κ3) is 3.96. The second-order valence-corrected chi connectivity index (χ2v) is 3.58. The Labute approximate surface area is 101 Å². The first-order chi connectivity index (χ1) is 8.21. The second-order valence-electron chi connectivity index (χ2n) is 3.58. The van der Waals surface area contributed by atoms with Crippen molar-refractivity contribution >= 4 is 0 Å².